The number of carbonyl (C=O) groups excluding carboxylic acids is 1. The molecular weight excluding hydrogens is 341 g/mol. The van der Waals surface area contributed by atoms with Gasteiger partial charge in [-0.25, -0.2) is 4.39 Å². The van der Waals surface area contributed by atoms with E-state index in [1.54, 1.807) is 23.1 Å². The predicted molar refractivity (Wildman–Crippen MR) is 104 cm³/mol. The second-order valence-electron chi connectivity index (χ2n) is 7.03. The summed E-state index contributed by atoms with van der Waals surface area (Å²) in [4.78, 5) is 14.6. The molecule has 3 aromatic carbocycles. The van der Waals surface area contributed by atoms with Crippen LogP contribution in [0.5, 0.6) is 5.75 Å². The van der Waals surface area contributed by atoms with Gasteiger partial charge in [0.25, 0.3) is 5.91 Å². The molecule has 4 heteroatoms. The standard InChI is InChI=1S/C23H22FNO2/c1-16(21-8-4-5-9-22(21)24)25(19-11-12-19)23(26)15-27-20-13-10-17-6-2-3-7-18(17)14-20/h2-10,13-14,16,19H,11-12,15H2,1H3. The van der Waals surface area contributed by atoms with Gasteiger partial charge in [0.1, 0.15) is 11.6 Å². The number of rotatable bonds is 6. The Bertz CT molecular complexity index is 967. The van der Waals surface area contributed by atoms with Gasteiger partial charge in [-0.05, 0) is 48.7 Å². The Morgan fingerprint density at radius 2 is 1.78 bits per heavy atom. The number of ether oxygens (including phenoxy) is 1. The Hall–Kier alpha value is -2.88. The monoisotopic (exact) mass is 363 g/mol. The lowest BCUT2D eigenvalue weighted by molar-refractivity contribution is -0.136. The number of carbonyl (C=O) groups is 1. The van der Waals surface area contributed by atoms with Gasteiger partial charge >= 0.3 is 0 Å². The zero-order valence-corrected chi connectivity index (χ0v) is 15.3. The molecule has 1 unspecified atom stereocenters. The molecule has 0 N–H and O–H groups in total. The molecule has 0 bridgehead atoms. The molecule has 1 amide bonds. The van der Waals surface area contributed by atoms with Gasteiger partial charge < -0.3 is 9.64 Å². The Kier molecular flexibility index (Phi) is 4.80. The average molecular weight is 363 g/mol. The molecule has 1 atom stereocenters. The lowest BCUT2D eigenvalue weighted by Gasteiger charge is -2.30. The molecule has 0 radical (unpaired) electrons. The quantitative estimate of drug-likeness (QED) is 0.609. The molecule has 4 rings (SSSR count). The third-order valence-corrected chi connectivity index (χ3v) is 5.08. The fraction of sp³-hybridized carbons (Fsp3) is 0.261. The molecule has 1 aliphatic carbocycles. The predicted octanol–water partition coefficient (Wildman–Crippen LogP) is 5.11. The number of halogens is 1. The highest BCUT2D eigenvalue weighted by Crippen LogP contribution is 2.35. The van der Waals surface area contributed by atoms with E-state index in [0.717, 1.165) is 23.6 Å². The van der Waals surface area contributed by atoms with Gasteiger partial charge in [0.2, 0.25) is 0 Å². The minimum atomic E-state index is -0.314. The van der Waals surface area contributed by atoms with Crippen LogP contribution in [0.2, 0.25) is 0 Å². The molecule has 1 aliphatic rings. The van der Waals surface area contributed by atoms with Crippen molar-refractivity contribution in [3.8, 4) is 5.75 Å². The van der Waals surface area contributed by atoms with Crippen molar-refractivity contribution < 1.29 is 13.9 Å². The van der Waals surface area contributed by atoms with Crippen LogP contribution in [0.4, 0.5) is 4.39 Å². The van der Waals surface area contributed by atoms with Crippen LogP contribution in [0.1, 0.15) is 31.4 Å². The Morgan fingerprint density at radius 3 is 2.52 bits per heavy atom. The van der Waals surface area contributed by atoms with Gasteiger partial charge in [-0.1, -0.05) is 48.5 Å². The maximum atomic E-state index is 14.2. The van der Waals surface area contributed by atoms with E-state index in [-0.39, 0.29) is 30.4 Å². The summed E-state index contributed by atoms with van der Waals surface area (Å²) in [5, 5.41) is 2.20. The van der Waals surface area contributed by atoms with E-state index in [9.17, 15) is 9.18 Å². The zero-order valence-electron chi connectivity index (χ0n) is 15.3. The maximum Gasteiger partial charge on any atom is 0.261 e. The average Bonchev–Trinajstić information content (AvgIpc) is 3.51. The number of nitrogens with zero attached hydrogens (tertiary/aromatic N) is 1. The van der Waals surface area contributed by atoms with Crippen molar-refractivity contribution in [1.29, 1.82) is 0 Å². The summed E-state index contributed by atoms with van der Waals surface area (Å²) in [5.74, 6) is 0.275. The third-order valence-electron chi connectivity index (χ3n) is 5.08. The topological polar surface area (TPSA) is 29.5 Å². The van der Waals surface area contributed by atoms with Gasteiger partial charge in [0, 0.05) is 11.6 Å². The summed E-state index contributed by atoms with van der Waals surface area (Å²) in [5.41, 5.74) is 0.545. The Labute approximate surface area is 158 Å². The summed E-state index contributed by atoms with van der Waals surface area (Å²) < 4.78 is 19.9. The summed E-state index contributed by atoms with van der Waals surface area (Å²) in [6.07, 6.45) is 1.92. The van der Waals surface area contributed by atoms with E-state index in [4.69, 9.17) is 4.74 Å². The summed E-state index contributed by atoms with van der Waals surface area (Å²) >= 11 is 0. The summed E-state index contributed by atoms with van der Waals surface area (Å²) in [6.45, 7) is 1.83. The second-order valence-corrected chi connectivity index (χ2v) is 7.03. The van der Waals surface area contributed by atoms with E-state index >= 15 is 0 Å². The van der Waals surface area contributed by atoms with Crippen LogP contribution in [0.3, 0.4) is 0 Å². The van der Waals surface area contributed by atoms with E-state index < -0.39 is 0 Å². The molecule has 0 aromatic heterocycles. The minimum absolute atomic E-state index is 0.0480. The second kappa shape index (κ2) is 7.39. The molecule has 0 aliphatic heterocycles. The Balaban J connectivity index is 1.48. The van der Waals surface area contributed by atoms with Gasteiger partial charge in [-0.2, -0.15) is 0 Å². The number of hydrogen-bond acceptors (Lipinski definition) is 2. The Morgan fingerprint density at radius 1 is 1.07 bits per heavy atom. The highest BCUT2D eigenvalue weighted by Gasteiger charge is 2.37. The number of fused-ring (bicyclic) bond motifs is 1. The van der Waals surface area contributed by atoms with Crippen LogP contribution in [-0.2, 0) is 4.79 Å². The van der Waals surface area contributed by atoms with Gasteiger partial charge in [0.05, 0.1) is 6.04 Å². The van der Waals surface area contributed by atoms with Gasteiger partial charge in [-0.15, -0.1) is 0 Å². The first-order valence-electron chi connectivity index (χ1n) is 9.30. The van der Waals surface area contributed by atoms with Crippen LogP contribution in [0, 0.1) is 5.82 Å². The molecule has 3 nitrogen and oxygen atoms in total. The summed E-state index contributed by atoms with van der Waals surface area (Å²) in [7, 11) is 0. The molecular formula is C23H22FNO2. The van der Waals surface area contributed by atoms with Crippen molar-refractivity contribution in [3.05, 3.63) is 78.1 Å². The molecule has 0 heterocycles. The van der Waals surface area contributed by atoms with Crippen molar-refractivity contribution in [1.82, 2.24) is 4.90 Å². The fourth-order valence-electron chi connectivity index (χ4n) is 3.53. The molecule has 1 saturated carbocycles. The van der Waals surface area contributed by atoms with Gasteiger partial charge in [0.15, 0.2) is 6.61 Å². The van der Waals surface area contributed by atoms with Crippen LogP contribution in [0.15, 0.2) is 66.7 Å². The zero-order chi connectivity index (χ0) is 18.8. The fourth-order valence-corrected chi connectivity index (χ4v) is 3.53. The van der Waals surface area contributed by atoms with E-state index in [0.29, 0.717) is 11.3 Å². The smallest absolute Gasteiger partial charge is 0.261 e. The molecule has 1 fully saturated rings. The van der Waals surface area contributed by atoms with Crippen LogP contribution in [-0.4, -0.2) is 23.5 Å². The number of hydrogen-bond donors (Lipinski definition) is 0. The van der Waals surface area contributed by atoms with E-state index in [1.165, 1.54) is 6.07 Å². The SMILES string of the molecule is CC(c1ccccc1F)N(C(=O)COc1ccc2ccccc2c1)C1CC1. The highest BCUT2D eigenvalue weighted by molar-refractivity contribution is 5.84. The van der Waals surface area contributed by atoms with Crippen molar-refractivity contribution >= 4 is 16.7 Å². The first-order chi connectivity index (χ1) is 13.1. The molecule has 0 spiro atoms. The van der Waals surface area contributed by atoms with Crippen LogP contribution < -0.4 is 4.74 Å². The van der Waals surface area contributed by atoms with Crippen LogP contribution in [0.25, 0.3) is 10.8 Å². The first kappa shape index (κ1) is 17.5. The van der Waals surface area contributed by atoms with Crippen molar-refractivity contribution in [2.45, 2.75) is 31.8 Å². The lowest BCUT2D eigenvalue weighted by atomic mass is 10.1. The van der Waals surface area contributed by atoms with Crippen LogP contribution >= 0.6 is 0 Å². The third kappa shape index (κ3) is 3.80. The van der Waals surface area contributed by atoms with Gasteiger partial charge in [-0.3, -0.25) is 4.79 Å². The lowest BCUT2D eigenvalue weighted by Crippen LogP contribution is -2.39. The van der Waals surface area contributed by atoms with E-state index in [2.05, 4.69) is 0 Å². The molecule has 0 saturated heterocycles. The first-order valence-corrected chi connectivity index (χ1v) is 9.30. The van der Waals surface area contributed by atoms with Crippen molar-refractivity contribution in [2.24, 2.45) is 0 Å². The number of benzene rings is 3. The number of amides is 1. The maximum absolute atomic E-state index is 14.2. The normalized spacial score (nSPS) is 14.7. The largest absolute Gasteiger partial charge is 0.484 e. The molecule has 27 heavy (non-hydrogen) atoms. The van der Waals surface area contributed by atoms with Crippen molar-refractivity contribution in [2.75, 3.05) is 6.61 Å². The molecule has 3 aromatic rings. The summed E-state index contributed by atoms with van der Waals surface area (Å²) in [6, 6.07) is 20.3. The highest BCUT2D eigenvalue weighted by atomic mass is 19.1. The molecule has 138 valence electrons. The van der Waals surface area contributed by atoms with E-state index in [1.807, 2.05) is 49.4 Å². The minimum Gasteiger partial charge on any atom is -0.484 e. The van der Waals surface area contributed by atoms with Crippen molar-refractivity contribution in [3.63, 3.8) is 0 Å².